The number of carbonyl (C=O) groups is 3. The van der Waals surface area contributed by atoms with Gasteiger partial charge in [-0.25, -0.2) is 9.18 Å². The fraction of sp³-hybridized carbons (Fsp3) is 0.0800. The highest BCUT2D eigenvalue weighted by molar-refractivity contribution is 7.21. The number of phenolic OH excluding ortho intramolecular Hbond substituents is 1. The number of phenols is 1. The molecule has 0 fully saturated rings. The van der Waals surface area contributed by atoms with Gasteiger partial charge >= 0.3 is 11.9 Å². The molecule has 0 saturated carbocycles. The van der Waals surface area contributed by atoms with Crippen LogP contribution in [0.4, 0.5) is 10.1 Å². The van der Waals surface area contributed by atoms with Crippen molar-refractivity contribution in [1.82, 2.24) is 0 Å². The summed E-state index contributed by atoms with van der Waals surface area (Å²) in [5.74, 6) is -2.01. The van der Waals surface area contributed by atoms with Gasteiger partial charge in [0.1, 0.15) is 22.2 Å². The maximum absolute atomic E-state index is 13.6. The maximum Gasteiger partial charge on any atom is 0.396 e. The highest BCUT2D eigenvalue weighted by Crippen LogP contribution is 2.43. The summed E-state index contributed by atoms with van der Waals surface area (Å²) in [6.45, 7) is 1.65. The molecule has 0 bridgehead atoms. The molecule has 0 saturated heterocycles. The molecule has 4 rings (SSSR count). The van der Waals surface area contributed by atoms with Crippen molar-refractivity contribution in [3.05, 3.63) is 82.5 Å². The number of nitrogens with one attached hydrogen (secondary N) is 1. The second-order valence-electron chi connectivity index (χ2n) is 7.30. The molecule has 1 amide bonds. The number of benzene rings is 3. The Balaban J connectivity index is 1.70. The molecule has 0 atom stereocenters. The predicted octanol–water partition coefficient (Wildman–Crippen LogP) is 5.19. The number of carbonyl (C=O) groups excluding carboxylic acids is 3. The minimum Gasteiger partial charge on any atom is -0.508 e. The van der Waals surface area contributed by atoms with Crippen molar-refractivity contribution in [2.75, 3.05) is 12.4 Å². The summed E-state index contributed by atoms with van der Waals surface area (Å²) in [4.78, 5) is 36.6. The van der Waals surface area contributed by atoms with E-state index in [9.17, 15) is 23.9 Å². The Hall–Kier alpha value is -4.24. The van der Waals surface area contributed by atoms with E-state index in [1.807, 2.05) is 0 Å². The van der Waals surface area contributed by atoms with Gasteiger partial charge in [0.15, 0.2) is 5.75 Å². The third-order valence-electron chi connectivity index (χ3n) is 4.97. The van der Waals surface area contributed by atoms with E-state index in [-0.39, 0.29) is 11.5 Å². The lowest BCUT2D eigenvalue weighted by Gasteiger charge is -2.10. The summed E-state index contributed by atoms with van der Waals surface area (Å²) < 4.78 is 24.6. The molecule has 0 aliphatic rings. The van der Waals surface area contributed by atoms with Gasteiger partial charge in [-0.15, -0.1) is 11.3 Å². The lowest BCUT2D eigenvalue weighted by atomic mass is 10.0. The fourth-order valence-corrected chi connectivity index (χ4v) is 4.43. The SMILES string of the molecule is COC(=O)C(=O)Nc1ccc(Oc2c(C(=O)c3ccc(F)cc3C)sc3cc(O)ccc23)cc1. The minimum atomic E-state index is -1.02. The minimum absolute atomic E-state index is 0.0444. The summed E-state index contributed by atoms with van der Waals surface area (Å²) in [5.41, 5.74) is 1.17. The first-order valence-corrected chi connectivity index (χ1v) is 10.8. The molecule has 34 heavy (non-hydrogen) atoms. The number of esters is 1. The summed E-state index contributed by atoms with van der Waals surface area (Å²) in [7, 11) is 1.11. The van der Waals surface area contributed by atoms with Gasteiger partial charge in [-0.2, -0.15) is 0 Å². The van der Waals surface area contributed by atoms with Gasteiger partial charge in [0.05, 0.1) is 7.11 Å². The van der Waals surface area contributed by atoms with E-state index in [0.717, 1.165) is 18.4 Å². The molecular weight excluding hydrogens is 461 g/mol. The Kier molecular flexibility index (Phi) is 6.29. The van der Waals surface area contributed by atoms with Crippen LogP contribution in [0.1, 0.15) is 20.8 Å². The molecule has 0 unspecified atom stereocenters. The number of hydrogen-bond acceptors (Lipinski definition) is 7. The smallest absolute Gasteiger partial charge is 0.396 e. The Morgan fingerprint density at radius 1 is 1.00 bits per heavy atom. The highest BCUT2D eigenvalue weighted by Gasteiger charge is 2.23. The van der Waals surface area contributed by atoms with Crippen molar-refractivity contribution in [1.29, 1.82) is 0 Å². The van der Waals surface area contributed by atoms with Crippen LogP contribution in [0.15, 0.2) is 60.7 Å². The molecule has 172 valence electrons. The van der Waals surface area contributed by atoms with E-state index in [1.165, 1.54) is 42.5 Å². The van der Waals surface area contributed by atoms with E-state index >= 15 is 0 Å². The number of thiophene rings is 1. The van der Waals surface area contributed by atoms with Crippen LogP contribution in [-0.4, -0.2) is 29.9 Å². The van der Waals surface area contributed by atoms with Crippen molar-refractivity contribution < 1.29 is 33.4 Å². The number of halogens is 1. The third-order valence-corrected chi connectivity index (χ3v) is 6.10. The van der Waals surface area contributed by atoms with Crippen LogP contribution in [0.25, 0.3) is 10.1 Å². The number of rotatable bonds is 5. The van der Waals surface area contributed by atoms with E-state index in [0.29, 0.717) is 43.3 Å². The Labute approximate surface area is 197 Å². The number of ketones is 1. The van der Waals surface area contributed by atoms with Crippen LogP contribution in [-0.2, 0) is 14.3 Å². The number of aryl methyl sites for hydroxylation is 1. The Morgan fingerprint density at radius 3 is 2.41 bits per heavy atom. The molecule has 7 nitrogen and oxygen atoms in total. The maximum atomic E-state index is 13.6. The van der Waals surface area contributed by atoms with E-state index < -0.39 is 17.7 Å². The number of aromatic hydroxyl groups is 1. The predicted molar refractivity (Wildman–Crippen MR) is 125 cm³/mol. The van der Waals surface area contributed by atoms with Crippen LogP contribution in [0.3, 0.4) is 0 Å². The number of anilines is 1. The zero-order valence-corrected chi connectivity index (χ0v) is 18.9. The molecule has 9 heteroatoms. The normalized spacial score (nSPS) is 10.7. The standard InChI is InChI=1S/C25H18FNO6S/c1-13-11-14(26)3-9-18(13)21(29)23-22(19-10-6-16(28)12-20(19)34-23)33-17-7-4-15(5-8-17)27-24(30)25(31)32-2/h3-12,28H,1-2H3,(H,27,30). The highest BCUT2D eigenvalue weighted by atomic mass is 32.1. The first kappa shape index (κ1) is 22.9. The van der Waals surface area contributed by atoms with Gasteiger partial charge in [-0.05, 0) is 73.2 Å². The van der Waals surface area contributed by atoms with Crippen molar-refractivity contribution in [2.24, 2.45) is 0 Å². The van der Waals surface area contributed by atoms with E-state index in [2.05, 4.69) is 10.1 Å². The lowest BCUT2D eigenvalue weighted by molar-refractivity contribution is -0.150. The number of amides is 1. The molecule has 0 aliphatic carbocycles. The zero-order chi connectivity index (χ0) is 24.4. The molecule has 1 heterocycles. The first-order valence-electron chi connectivity index (χ1n) is 10.0. The largest absolute Gasteiger partial charge is 0.508 e. The van der Waals surface area contributed by atoms with Gasteiger partial charge in [-0.3, -0.25) is 9.59 Å². The molecule has 0 spiro atoms. The van der Waals surface area contributed by atoms with Gasteiger partial charge in [0, 0.05) is 21.3 Å². The molecule has 1 aromatic heterocycles. The number of methoxy groups -OCH3 is 1. The third kappa shape index (κ3) is 4.60. The molecule has 3 aromatic carbocycles. The summed E-state index contributed by atoms with van der Waals surface area (Å²) >= 11 is 1.15. The lowest BCUT2D eigenvalue weighted by Crippen LogP contribution is -2.23. The van der Waals surface area contributed by atoms with Crippen LogP contribution in [0.5, 0.6) is 17.2 Å². The number of ether oxygens (including phenoxy) is 2. The number of fused-ring (bicyclic) bond motifs is 1. The summed E-state index contributed by atoms with van der Waals surface area (Å²) in [6, 6.07) is 14.8. The summed E-state index contributed by atoms with van der Waals surface area (Å²) in [5, 5.41) is 12.9. The average Bonchev–Trinajstić information content (AvgIpc) is 3.16. The second kappa shape index (κ2) is 9.32. The van der Waals surface area contributed by atoms with Crippen LogP contribution in [0, 0.1) is 12.7 Å². The monoisotopic (exact) mass is 479 g/mol. The quantitative estimate of drug-likeness (QED) is 0.232. The van der Waals surface area contributed by atoms with Crippen molar-refractivity contribution in [3.63, 3.8) is 0 Å². The summed E-state index contributed by atoms with van der Waals surface area (Å²) in [6.07, 6.45) is 0. The topological polar surface area (TPSA) is 102 Å². The molecular formula is C25H18FNO6S. The average molecular weight is 479 g/mol. The van der Waals surface area contributed by atoms with E-state index in [4.69, 9.17) is 4.74 Å². The molecule has 2 N–H and O–H groups in total. The van der Waals surface area contributed by atoms with Crippen molar-refractivity contribution >= 4 is 44.8 Å². The van der Waals surface area contributed by atoms with Crippen LogP contribution < -0.4 is 10.1 Å². The first-order chi connectivity index (χ1) is 16.3. The molecule has 0 radical (unpaired) electrons. The van der Waals surface area contributed by atoms with Crippen LogP contribution in [0.2, 0.25) is 0 Å². The van der Waals surface area contributed by atoms with Gasteiger partial charge in [0.25, 0.3) is 0 Å². The Morgan fingerprint density at radius 2 is 1.74 bits per heavy atom. The van der Waals surface area contributed by atoms with Crippen LogP contribution >= 0.6 is 11.3 Å². The van der Waals surface area contributed by atoms with Gasteiger partial charge < -0.3 is 19.9 Å². The Bertz CT molecular complexity index is 1430. The second-order valence-corrected chi connectivity index (χ2v) is 8.35. The number of hydrogen-bond donors (Lipinski definition) is 2. The zero-order valence-electron chi connectivity index (χ0n) is 18.0. The van der Waals surface area contributed by atoms with Gasteiger partial charge in [0.2, 0.25) is 5.78 Å². The van der Waals surface area contributed by atoms with E-state index in [1.54, 1.807) is 25.1 Å². The van der Waals surface area contributed by atoms with Gasteiger partial charge in [-0.1, -0.05) is 0 Å². The van der Waals surface area contributed by atoms with Crippen molar-refractivity contribution in [3.8, 4) is 17.2 Å². The van der Waals surface area contributed by atoms with Crippen molar-refractivity contribution in [2.45, 2.75) is 6.92 Å². The molecule has 4 aromatic rings. The molecule has 0 aliphatic heterocycles. The fourth-order valence-electron chi connectivity index (χ4n) is 3.32.